The minimum Gasteiger partial charge on any atom is -0.440 e. The second-order valence-corrected chi connectivity index (χ2v) is 17.9. The molecule has 0 radical (unpaired) electrons. The zero-order valence-corrected chi connectivity index (χ0v) is 34.5. The van der Waals surface area contributed by atoms with Crippen LogP contribution in [0.25, 0.3) is 0 Å². The van der Waals surface area contributed by atoms with Crippen LogP contribution in [0.3, 0.4) is 0 Å². The molecule has 0 bridgehead atoms. The van der Waals surface area contributed by atoms with Gasteiger partial charge in [0.25, 0.3) is 0 Å². The van der Waals surface area contributed by atoms with Gasteiger partial charge in [-0.1, -0.05) is 74.3 Å². The molecule has 1 aliphatic rings. The lowest BCUT2D eigenvalue weighted by atomic mass is 10.1. The Morgan fingerprint density at radius 2 is 0.833 bits per heavy atom. The fourth-order valence-corrected chi connectivity index (χ4v) is 12.8. The molecule has 15 heteroatoms. The molecule has 0 aliphatic carbocycles. The van der Waals surface area contributed by atoms with Crippen LogP contribution >= 0.6 is 24.6 Å². The van der Waals surface area contributed by atoms with E-state index in [1.165, 1.54) is 27.4 Å². The average molecular weight is 856 g/mol. The Morgan fingerprint density at radius 3 is 1.25 bits per heavy atom. The minimum absolute atomic E-state index is 0.258. The highest BCUT2D eigenvalue weighted by Gasteiger charge is 2.58. The number of nitrogens with zero attached hydrogens (tertiary/aromatic N) is 3. The number of ketones is 3. The van der Waals surface area contributed by atoms with E-state index < -0.39 is 24.6 Å². The molecule has 300 valence electrons. The summed E-state index contributed by atoms with van der Waals surface area (Å²) in [6.07, 6.45) is 3.68. The van der Waals surface area contributed by atoms with Gasteiger partial charge in [0, 0.05) is 25.9 Å². The largest absolute Gasteiger partial charge is 0.447 e. The molecule has 60 heavy (non-hydrogen) atoms. The Labute approximate surface area is 349 Å². The predicted octanol–water partition coefficient (Wildman–Crippen LogP) is 12.4. The van der Waals surface area contributed by atoms with Crippen LogP contribution in [0, 0.1) is 0 Å². The molecule has 0 N–H and O–H groups in total. The molecule has 1 heterocycles. The summed E-state index contributed by atoms with van der Waals surface area (Å²) in [5, 5.41) is 0. The van der Waals surface area contributed by atoms with Crippen LogP contribution in [0.15, 0.2) is 206 Å². The van der Waals surface area contributed by atoms with E-state index in [4.69, 9.17) is 32.3 Å². The highest BCUT2D eigenvalue weighted by Crippen LogP contribution is 2.77. The standard InChI is InChI=1S/C45H36N3O9P3/c1-4-43(49)34-22-28-37(29-23-34)52-47-58(54-39-16-10-7-11-17-39)46-60(56-41-18-12-8-13-19-41,57-42-20-14-9-15-21-42)48(53-38-30-24-35(25-31-38)44(50)5-2)59(47)55-40-32-26-36(27-33-40)45(51)6-3/h4-33H,1-3H2. The molecular formula is C45H36N3O9P3. The van der Waals surface area contributed by atoms with Crippen molar-refractivity contribution in [2.24, 2.45) is 4.52 Å². The van der Waals surface area contributed by atoms with Crippen molar-refractivity contribution < 1.29 is 42.2 Å². The van der Waals surface area contributed by atoms with Crippen LogP contribution in [0.4, 0.5) is 0 Å². The fourth-order valence-electron chi connectivity index (χ4n) is 5.29. The van der Waals surface area contributed by atoms with Crippen molar-refractivity contribution in [2.75, 3.05) is 0 Å². The van der Waals surface area contributed by atoms with Crippen LogP contribution in [-0.2, 0) is 0 Å². The van der Waals surface area contributed by atoms with Crippen LogP contribution in [-0.4, -0.2) is 26.6 Å². The first-order valence-electron chi connectivity index (χ1n) is 18.2. The number of hydrogen-bond acceptors (Lipinski definition) is 12. The van der Waals surface area contributed by atoms with E-state index in [2.05, 4.69) is 19.7 Å². The summed E-state index contributed by atoms with van der Waals surface area (Å²) >= 11 is 0. The van der Waals surface area contributed by atoms with Gasteiger partial charge in [-0.25, -0.2) is 0 Å². The Morgan fingerprint density at radius 1 is 0.467 bits per heavy atom. The molecular weight excluding hydrogens is 819 g/mol. The summed E-state index contributed by atoms with van der Waals surface area (Å²) in [6.45, 7) is 10.8. The summed E-state index contributed by atoms with van der Waals surface area (Å²) in [7, 11) is -8.77. The van der Waals surface area contributed by atoms with E-state index in [1.54, 1.807) is 109 Å². The summed E-state index contributed by atoms with van der Waals surface area (Å²) < 4.78 is 35.5. The third kappa shape index (κ3) is 9.96. The van der Waals surface area contributed by atoms with Gasteiger partial charge in [0.1, 0.15) is 34.5 Å². The SMILES string of the molecule is C=CC(=O)c1ccc(ON2P(Oc3ccccc3)N=P(Oc3ccccc3)(Oc3ccccc3)N(Oc3ccc(C(=O)C=C)cc3)P2Oc2ccc(C(=O)C=C)cc2)cc1. The van der Waals surface area contributed by atoms with E-state index in [0.717, 1.165) is 0 Å². The number of carbonyl (C=O) groups is 3. The van der Waals surface area contributed by atoms with Gasteiger partial charge in [-0.15, -0.1) is 4.52 Å². The molecule has 7 rings (SSSR count). The van der Waals surface area contributed by atoms with Gasteiger partial charge in [0.15, 0.2) is 17.3 Å². The van der Waals surface area contributed by atoms with E-state index in [0.29, 0.717) is 45.4 Å². The van der Waals surface area contributed by atoms with Gasteiger partial charge >= 0.3 is 24.6 Å². The topological polar surface area (TPSA) is 125 Å². The molecule has 0 spiro atoms. The lowest BCUT2D eigenvalue weighted by molar-refractivity contribution is 0.0545. The maximum atomic E-state index is 12.5. The highest BCUT2D eigenvalue weighted by atomic mass is 31.3. The Bertz CT molecular complexity index is 2480. The molecule has 2 atom stereocenters. The van der Waals surface area contributed by atoms with E-state index in [1.807, 2.05) is 54.6 Å². The lowest BCUT2D eigenvalue weighted by Gasteiger charge is -2.43. The molecule has 0 aromatic heterocycles. The average Bonchev–Trinajstić information content (AvgIpc) is 3.29. The Hall–Kier alpha value is -6.64. The molecule has 0 saturated heterocycles. The van der Waals surface area contributed by atoms with Crippen molar-refractivity contribution in [2.45, 2.75) is 0 Å². The zero-order valence-electron chi connectivity index (χ0n) is 31.8. The van der Waals surface area contributed by atoms with Crippen molar-refractivity contribution >= 4 is 41.9 Å². The number of para-hydroxylation sites is 3. The van der Waals surface area contributed by atoms with Crippen LogP contribution in [0.2, 0.25) is 0 Å². The van der Waals surface area contributed by atoms with E-state index in [9.17, 15) is 14.4 Å². The summed E-state index contributed by atoms with van der Waals surface area (Å²) in [5.74, 6) is 1.27. The first kappa shape index (κ1) is 41.5. The van der Waals surface area contributed by atoms with Gasteiger partial charge in [-0.2, -0.15) is 0 Å². The van der Waals surface area contributed by atoms with Gasteiger partial charge in [0.2, 0.25) is 0 Å². The van der Waals surface area contributed by atoms with Gasteiger partial charge < -0.3 is 27.8 Å². The lowest BCUT2D eigenvalue weighted by Crippen LogP contribution is -2.37. The Kier molecular flexibility index (Phi) is 13.4. The van der Waals surface area contributed by atoms with E-state index in [-0.39, 0.29) is 23.1 Å². The third-order valence-electron chi connectivity index (χ3n) is 8.24. The summed E-state index contributed by atoms with van der Waals surface area (Å²) in [6, 6.07) is 46.3. The molecule has 12 nitrogen and oxygen atoms in total. The van der Waals surface area contributed by atoms with Crippen molar-refractivity contribution in [3.8, 4) is 34.5 Å². The van der Waals surface area contributed by atoms with E-state index >= 15 is 0 Å². The molecule has 0 saturated carbocycles. The summed E-state index contributed by atoms with van der Waals surface area (Å²) in [4.78, 5) is 51.0. The van der Waals surface area contributed by atoms with Crippen LogP contribution in [0.5, 0.6) is 34.5 Å². The maximum Gasteiger partial charge on any atom is 0.447 e. The van der Waals surface area contributed by atoms with Gasteiger partial charge in [-0.3, -0.25) is 14.4 Å². The number of hydrogen-bond donors (Lipinski definition) is 0. The Balaban J connectivity index is 1.46. The number of allylic oxidation sites excluding steroid dienone is 3. The molecule has 2 unspecified atom stereocenters. The smallest absolute Gasteiger partial charge is 0.440 e. The van der Waals surface area contributed by atoms with Crippen LogP contribution < -0.4 is 27.8 Å². The number of benzene rings is 6. The monoisotopic (exact) mass is 855 g/mol. The quantitative estimate of drug-likeness (QED) is 0.0466. The zero-order chi connectivity index (χ0) is 41.9. The van der Waals surface area contributed by atoms with Crippen LogP contribution in [0.1, 0.15) is 31.1 Å². The molecule has 6 aromatic carbocycles. The molecule has 1 aliphatic heterocycles. The minimum atomic E-state index is -4.01. The maximum absolute atomic E-state index is 12.5. The molecule has 6 aromatic rings. The van der Waals surface area contributed by atoms with Crippen molar-refractivity contribution in [3.05, 3.63) is 218 Å². The van der Waals surface area contributed by atoms with Crippen molar-refractivity contribution in [1.82, 2.24) is 9.21 Å². The molecule has 0 amide bonds. The normalized spacial score (nSPS) is 15.9. The highest BCUT2D eigenvalue weighted by molar-refractivity contribution is 7.78. The van der Waals surface area contributed by atoms with Crippen molar-refractivity contribution in [3.63, 3.8) is 0 Å². The van der Waals surface area contributed by atoms with Gasteiger partial charge in [-0.05, 0) is 127 Å². The number of rotatable bonds is 18. The second-order valence-electron chi connectivity index (χ2n) is 12.4. The number of carbonyl (C=O) groups excluding carboxylic acids is 3. The first-order chi connectivity index (χ1) is 29.3. The first-order valence-corrected chi connectivity index (χ1v) is 22.0. The second kappa shape index (κ2) is 19.4. The molecule has 0 fully saturated rings. The van der Waals surface area contributed by atoms with Crippen molar-refractivity contribution in [1.29, 1.82) is 0 Å². The van der Waals surface area contributed by atoms with Gasteiger partial charge in [0.05, 0.1) is 0 Å². The predicted molar refractivity (Wildman–Crippen MR) is 233 cm³/mol. The summed E-state index contributed by atoms with van der Waals surface area (Å²) in [5.41, 5.74) is 1.18. The third-order valence-corrected chi connectivity index (χ3v) is 15.1. The fraction of sp³-hybridized carbons (Fsp3) is 0.